The molecule has 0 spiro atoms. The Morgan fingerprint density at radius 2 is 2.00 bits per heavy atom. The van der Waals surface area contributed by atoms with Gasteiger partial charge in [0.2, 0.25) is 0 Å². The molecular formula is C15H16F3N3O3S. The molecule has 25 heavy (non-hydrogen) atoms. The van der Waals surface area contributed by atoms with Crippen LogP contribution in [-0.2, 0) is 16.2 Å². The number of imidazole rings is 1. The predicted octanol–water partition coefficient (Wildman–Crippen LogP) is 3.07. The molecule has 136 valence electrons. The largest absolute Gasteiger partial charge is 0.489 e. The van der Waals surface area contributed by atoms with Gasteiger partial charge in [-0.25, -0.2) is 4.98 Å². The molecular weight excluding hydrogens is 359 g/mol. The molecule has 0 radical (unpaired) electrons. The molecule has 0 fully saturated rings. The summed E-state index contributed by atoms with van der Waals surface area (Å²) in [7, 11) is -4.10. The van der Waals surface area contributed by atoms with Crippen LogP contribution in [0.1, 0.15) is 25.5 Å². The van der Waals surface area contributed by atoms with E-state index in [0.29, 0.717) is 0 Å². The lowest BCUT2D eigenvalue weighted by Gasteiger charge is -2.30. The second-order valence-electron chi connectivity index (χ2n) is 5.86. The number of hydrogen-bond acceptors (Lipinski definition) is 4. The number of halogens is 3. The highest BCUT2D eigenvalue weighted by atomic mass is 32.2. The molecule has 1 aromatic carbocycles. The summed E-state index contributed by atoms with van der Waals surface area (Å²) in [4.78, 5) is 3.90. The van der Waals surface area contributed by atoms with Crippen molar-refractivity contribution in [2.75, 3.05) is 17.5 Å². The highest BCUT2D eigenvalue weighted by Crippen LogP contribution is 2.40. The molecule has 10 heteroatoms. The number of rotatable bonds is 3. The van der Waals surface area contributed by atoms with E-state index < -0.39 is 21.8 Å². The lowest BCUT2D eigenvalue weighted by molar-refractivity contribution is -0.137. The second kappa shape index (κ2) is 5.94. The van der Waals surface area contributed by atoms with Crippen LogP contribution in [0.3, 0.4) is 0 Å². The van der Waals surface area contributed by atoms with Gasteiger partial charge in [0.25, 0.3) is 10.0 Å². The first-order valence-corrected chi connectivity index (χ1v) is 8.95. The topological polar surface area (TPSA) is 64.4 Å². The molecule has 0 saturated heterocycles. The van der Waals surface area contributed by atoms with Gasteiger partial charge in [-0.15, -0.1) is 0 Å². The van der Waals surface area contributed by atoms with Gasteiger partial charge in [-0.3, -0.25) is 4.31 Å². The van der Waals surface area contributed by atoms with E-state index in [1.165, 1.54) is 12.5 Å². The molecule has 2 heterocycles. The van der Waals surface area contributed by atoms with Gasteiger partial charge in [-0.1, -0.05) is 0 Å². The zero-order chi connectivity index (χ0) is 18.4. The quantitative estimate of drug-likeness (QED) is 0.827. The molecule has 0 N–H and O–H groups in total. The molecule has 3 rings (SSSR count). The van der Waals surface area contributed by atoms with Crippen LogP contribution in [0.5, 0.6) is 5.75 Å². The maximum Gasteiger partial charge on any atom is 0.416 e. The Hall–Kier alpha value is -2.23. The number of aromatic nitrogens is 2. The Morgan fingerprint density at radius 1 is 1.28 bits per heavy atom. The highest BCUT2D eigenvalue weighted by molar-refractivity contribution is 7.92. The van der Waals surface area contributed by atoms with Gasteiger partial charge >= 0.3 is 6.18 Å². The third-order valence-electron chi connectivity index (χ3n) is 3.84. The fraction of sp³-hybridized carbons (Fsp3) is 0.400. The average molecular weight is 375 g/mol. The van der Waals surface area contributed by atoms with Gasteiger partial charge in [0.15, 0.2) is 5.03 Å². The Bertz CT molecular complexity index is 891. The molecule has 1 aliphatic heterocycles. The summed E-state index contributed by atoms with van der Waals surface area (Å²) in [5.74, 6) is 0.0890. The summed E-state index contributed by atoms with van der Waals surface area (Å²) >= 11 is 0. The van der Waals surface area contributed by atoms with E-state index in [0.717, 1.165) is 22.5 Å². The van der Waals surface area contributed by atoms with Crippen LogP contribution in [0, 0.1) is 0 Å². The van der Waals surface area contributed by atoms with Crippen LogP contribution in [0.4, 0.5) is 18.9 Å². The molecule has 1 aromatic heterocycles. The number of nitrogens with zero attached hydrogens (tertiary/aromatic N) is 3. The third kappa shape index (κ3) is 3.17. The first kappa shape index (κ1) is 17.6. The van der Waals surface area contributed by atoms with E-state index in [9.17, 15) is 21.6 Å². The molecule has 0 bridgehead atoms. The fourth-order valence-corrected chi connectivity index (χ4v) is 3.84. The SMILES string of the molecule is CC(C)n1cnc(S(=O)(=O)N2CCOc3ccc(C(F)(F)F)cc32)c1. The summed E-state index contributed by atoms with van der Waals surface area (Å²) in [5, 5.41) is -0.216. The smallest absolute Gasteiger partial charge is 0.416 e. The van der Waals surface area contributed by atoms with Gasteiger partial charge in [-0.05, 0) is 32.0 Å². The van der Waals surface area contributed by atoms with Crippen molar-refractivity contribution in [3.05, 3.63) is 36.3 Å². The maximum absolute atomic E-state index is 13.0. The Labute approximate surface area is 142 Å². The summed E-state index contributed by atoms with van der Waals surface area (Å²) < 4.78 is 72.5. The standard InChI is InChI=1S/C15H16F3N3O3S/c1-10(2)20-8-14(19-9-20)25(22,23)21-5-6-24-13-4-3-11(7-12(13)21)15(16,17)18/h3-4,7-10H,5-6H2,1-2H3. The first-order chi connectivity index (χ1) is 11.6. The van der Waals surface area contributed by atoms with Crippen molar-refractivity contribution in [2.45, 2.75) is 31.1 Å². The molecule has 1 aliphatic rings. The lowest BCUT2D eigenvalue weighted by Crippen LogP contribution is -2.38. The minimum Gasteiger partial charge on any atom is -0.489 e. The molecule has 2 aromatic rings. The lowest BCUT2D eigenvalue weighted by atomic mass is 10.1. The molecule has 0 aliphatic carbocycles. The van der Waals surface area contributed by atoms with Crippen LogP contribution in [-0.4, -0.2) is 31.1 Å². The number of anilines is 1. The van der Waals surface area contributed by atoms with Gasteiger partial charge in [0.1, 0.15) is 12.4 Å². The number of ether oxygens (including phenoxy) is 1. The summed E-state index contributed by atoms with van der Waals surface area (Å²) in [6, 6.07) is 2.78. The van der Waals surface area contributed by atoms with Crippen molar-refractivity contribution in [1.82, 2.24) is 9.55 Å². The van der Waals surface area contributed by atoms with Gasteiger partial charge in [0, 0.05) is 12.2 Å². The van der Waals surface area contributed by atoms with E-state index in [-0.39, 0.29) is 35.7 Å². The van der Waals surface area contributed by atoms with Crippen molar-refractivity contribution < 1.29 is 26.3 Å². The maximum atomic E-state index is 13.0. The van der Waals surface area contributed by atoms with E-state index in [2.05, 4.69) is 4.98 Å². The van der Waals surface area contributed by atoms with Crippen LogP contribution < -0.4 is 9.04 Å². The van der Waals surface area contributed by atoms with Gasteiger partial charge < -0.3 is 9.30 Å². The van der Waals surface area contributed by atoms with Crippen molar-refractivity contribution in [1.29, 1.82) is 0 Å². The predicted molar refractivity (Wildman–Crippen MR) is 84.1 cm³/mol. The number of hydrogen-bond donors (Lipinski definition) is 0. The number of fused-ring (bicyclic) bond motifs is 1. The van der Waals surface area contributed by atoms with Crippen molar-refractivity contribution in [2.24, 2.45) is 0 Å². The van der Waals surface area contributed by atoms with Crippen molar-refractivity contribution in [3.63, 3.8) is 0 Å². The summed E-state index contributed by atoms with van der Waals surface area (Å²) in [6.07, 6.45) is -1.84. The minimum atomic E-state index is -4.58. The van der Waals surface area contributed by atoms with E-state index >= 15 is 0 Å². The molecule has 0 saturated carbocycles. The van der Waals surface area contributed by atoms with Crippen molar-refractivity contribution in [3.8, 4) is 5.75 Å². The highest BCUT2D eigenvalue weighted by Gasteiger charge is 2.36. The first-order valence-electron chi connectivity index (χ1n) is 7.51. The normalized spacial score (nSPS) is 15.2. The van der Waals surface area contributed by atoms with Crippen molar-refractivity contribution >= 4 is 15.7 Å². The molecule has 0 amide bonds. The van der Waals surface area contributed by atoms with Crippen LogP contribution in [0.2, 0.25) is 0 Å². The molecule has 0 atom stereocenters. The Balaban J connectivity index is 2.07. The zero-order valence-electron chi connectivity index (χ0n) is 13.5. The van der Waals surface area contributed by atoms with Crippen LogP contribution >= 0.6 is 0 Å². The third-order valence-corrected chi connectivity index (χ3v) is 5.53. The fourth-order valence-electron chi connectivity index (χ4n) is 2.47. The summed E-state index contributed by atoms with van der Waals surface area (Å²) in [5.41, 5.74) is -1.08. The molecule has 6 nitrogen and oxygen atoms in total. The van der Waals surface area contributed by atoms with E-state index in [4.69, 9.17) is 4.74 Å². The van der Waals surface area contributed by atoms with Crippen LogP contribution in [0.25, 0.3) is 0 Å². The minimum absolute atomic E-state index is 0.00487. The number of sulfonamides is 1. The van der Waals surface area contributed by atoms with E-state index in [1.54, 1.807) is 4.57 Å². The summed E-state index contributed by atoms with van der Waals surface area (Å²) in [6.45, 7) is 3.67. The Kier molecular flexibility index (Phi) is 4.18. The average Bonchev–Trinajstić information content (AvgIpc) is 3.04. The van der Waals surface area contributed by atoms with Crippen LogP contribution in [0.15, 0.2) is 35.7 Å². The monoisotopic (exact) mass is 375 g/mol. The van der Waals surface area contributed by atoms with Gasteiger partial charge in [-0.2, -0.15) is 21.6 Å². The number of benzene rings is 1. The second-order valence-corrected chi connectivity index (χ2v) is 7.67. The number of alkyl halides is 3. The van der Waals surface area contributed by atoms with E-state index in [1.807, 2.05) is 13.8 Å². The molecule has 0 unspecified atom stereocenters. The zero-order valence-corrected chi connectivity index (χ0v) is 14.3. The Morgan fingerprint density at radius 3 is 2.60 bits per heavy atom. The van der Waals surface area contributed by atoms with Gasteiger partial charge in [0.05, 0.1) is 24.1 Å².